The van der Waals surface area contributed by atoms with E-state index in [9.17, 15) is 9.18 Å². The number of carbonyl (C=O) groups is 1. The first-order valence-corrected chi connectivity index (χ1v) is 5.31. The number of nitrogens with zero attached hydrogens (tertiary/aromatic N) is 1. The summed E-state index contributed by atoms with van der Waals surface area (Å²) in [6, 6.07) is 5.89. The Balaban J connectivity index is 2.74. The van der Waals surface area contributed by atoms with Gasteiger partial charge in [0, 0.05) is 18.7 Å². The highest BCUT2D eigenvalue weighted by molar-refractivity contribution is 5.75. The summed E-state index contributed by atoms with van der Waals surface area (Å²) in [5.41, 5.74) is 6.03. The number of halogens is 1. The maximum atomic E-state index is 13.4. The van der Waals surface area contributed by atoms with E-state index in [-0.39, 0.29) is 12.4 Å². The number of rotatable bonds is 5. The van der Waals surface area contributed by atoms with Gasteiger partial charge in [0.2, 0.25) is 0 Å². The number of ether oxygens (including phenoxy) is 1. The molecule has 1 rings (SSSR count). The Labute approximate surface area is 100 Å². The average molecular weight is 240 g/mol. The molecule has 1 aromatic carbocycles. The van der Waals surface area contributed by atoms with Crippen molar-refractivity contribution in [2.75, 3.05) is 20.7 Å². The molecule has 0 aliphatic heterocycles. The minimum atomic E-state index is -0.556. The number of benzene rings is 1. The second-order valence-electron chi connectivity index (χ2n) is 3.78. The molecule has 1 unspecified atom stereocenters. The molecule has 0 heterocycles. The molecule has 5 heteroatoms. The fraction of sp³-hybridized carbons (Fsp3) is 0.417. The van der Waals surface area contributed by atoms with Gasteiger partial charge in [-0.25, -0.2) is 4.39 Å². The number of nitrogens with two attached hydrogens (primary N) is 1. The van der Waals surface area contributed by atoms with E-state index in [2.05, 4.69) is 4.74 Å². The molecular formula is C12H17FN2O2. The summed E-state index contributed by atoms with van der Waals surface area (Å²) in [6.45, 7) is 0.446. The molecule has 0 aliphatic carbocycles. The van der Waals surface area contributed by atoms with Crippen LogP contribution in [0.25, 0.3) is 0 Å². The molecule has 0 radical (unpaired) electrons. The Morgan fingerprint density at radius 1 is 1.53 bits per heavy atom. The van der Waals surface area contributed by atoms with E-state index >= 15 is 0 Å². The molecular weight excluding hydrogens is 223 g/mol. The van der Waals surface area contributed by atoms with Crippen LogP contribution in [0.4, 0.5) is 4.39 Å². The standard InChI is InChI=1S/C12H17FN2O2/c1-15(11(7-14)12(16)17-2)8-9-5-3-4-6-10(9)13/h3-6,11H,7-8,14H2,1-2H3. The van der Waals surface area contributed by atoms with Crippen LogP contribution < -0.4 is 5.73 Å². The highest BCUT2D eigenvalue weighted by Gasteiger charge is 2.22. The largest absolute Gasteiger partial charge is 0.468 e. The fourth-order valence-corrected chi connectivity index (χ4v) is 1.60. The minimum Gasteiger partial charge on any atom is -0.468 e. The molecule has 1 atom stereocenters. The Bertz CT molecular complexity index is 385. The number of hydrogen-bond acceptors (Lipinski definition) is 4. The van der Waals surface area contributed by atoms with Gasteiger partial charge in [0.05, 0.1) is 7.11 Å². The number of hydrogen-bond donors (Lipinski definition) is 1. The van der Waals surface area contributed by atoms with Crippen LogP contribution in [0.3, 0.4) is 0 Å². The Hall–Kier alpha value is -1.46. The van der Waals surface area contributed by atoms with Gasteiger partial charge in [-0.05, 0) is 13.1 Å². The average Bonchev–Trinajstić information content (AvgIpc) is 2.32. The first kappa shape index (κ1) is 13.6. The van der Waals surface area contributed by atoms with Crippen LogP contribution in [0.5, 0.6) is 0 Å². The second-order valence-corrected chi connectivity index (χ2v) is 3.78. The van der Waals surface area contributed by atoms with Gasteiger partial charge in [-0.3, -0.25) is 9.69 Å². The Morgan fingerprint density at radius 2 is 2.18 bits per heavy atom. The van der Waals surface area contributed by atoms with E-state index in [0.717, 1.165) is 0 Å². The molecule has 2 N–H and O–H groups in total. The molecule has 94 valence electrons. The van der Waals surface area contributed by atoms with Gasteiger partial charge in [0.25, 0.3) is 0 Å². The molecule has 17 heavy (non-hydrogen) atoms. The summed E-state index contributed by atoms with van der Waals surface area (Å²) >= 11 is 0. The number of esters is 1. The zero-order valence-electron chi connectivity index (χ0n) is 10.0. The highest BCUT2D eigenvalue weighted by Crippen LogP contribution is 2.11. The zero-order valence-corrected chi connectivity index (χ0v) is 10.0. The van der Waals surface area contributed by atoms with Crippen molar-refractivity contribution in [3.8, 4) is 0 Å². The van der Waals surface area contributed by atoms with Gasteiger partial charge < -0.3 is 10.5 Å². The maximum Gasteiger partial charge on any atom is 0.324 e. The number of methoxy groups -OCH3 is 1. The SMILES string of the molecule is COC(=O)C(CN)N(C)Cc1ccccc1F. The Morgan fingerprint density at radius 3 is 2.71 bits per heavy atom. The summed E-state index contributed by atoms with van der Waals surface area (Å²) in [6.07, 6.45) is 0. The molecule has 0 bridgehead atoms. The lowest BCUT2D eigenvalue weighted by Gasteiger charge is -2.24. The van der Waals surface area contributed by atoms with Crippen molar-refractivity contribution in [1.29, 1.82) is 0 Å². The van der Waals surface area contributed by atoms with E-state index in [1.165, 1.54) is 13.2 Å². The lowest BCUT2D eigenvalue weighted by atomic mass is 10.1. The van der Waals surface area contributed by atoms with Crippen LogP contribution >= 0.6 is 0 Å². The Kier molecular flexibility index (Phi) is 5.06. The van der Waals surface area contributed by atoms with E-state index in [4.69, 9.17) is 5.73 Å². The zero-order chi connectivity index (χ0) is 12.8. The molecule has 0 saturated heterocycles. The fourth-order valence-electron chi connectivity index (χ4n) is 1.60. The number of carbonyl (C=O) groups excluding carboxylic acids is 1. The maximum absolute atomic E-state index is 13.4. The minimum absolute atomic E-state index is 0.137. The van der Waals surface area contributed by atoms with Gasteiger partial charge in [-0.15, -0.1) is 0 Å². The van der Waals surface area contributed by atoms with Crippen LogP contribution in [0, 0.1) is 5.82 Å². The van der Waals surface area contributed by atoms with Crippen molar-refractivity contribution >= 4 is 5.97 Å². The summed E-state index contributed by atoms with van der Waals surface area (Å²) in [7, 11) is 3.02. The van der Waals surface area contributed by atoms with Crippen LogP contribution in [0.1, 0.15) is 5.56 Å². The predicted octanol–water partition coefficient (Wildman–Crippen LogP) is 0.758. The summed E-state index contributed by atoms with van der Waals surface area (Å²) in [4.78, 5) is 13.1. The molecule has 0 fully saturated rings. The van der Waals surface area contributed by atoms with E-state index in [0.29, 0.717) is 12.1 Å². The van der Waals surface area contributed by atoms with Gasteiger partial charge in [-0.2, -0.15) is 0 Å². The third-order valence-corrected chi connectivity index (χ3v) is 2.61. The lowest BCUT2D eigenvalue weighted by molar-refractivity contribution is -0.146. The molecule has 0 aromatic heterocycles. The van der Waals surface area contributed by atoms with Crippen molar-refractivity contribution < 1.29 is 13.9 Å². The van der Waals surface area contributed by atoms with Crippen molar-refractivity contribution in [2.45, 2.75) is 12.6 Å². The highest BCUT2D eigenvalue weighted by atomic mass is 19.1. The second kappa shape index (κ2) is 6.32. The van der Waals surface area contributed by atoms with Crippen molar-refractivity contribution in [2.24, 2.45) is 5.73 Å². The smallest absolute Gasteiger partial charge is 0.324 e. The van der Waals surface area contributed by atoms with Crippen LogP contribution in [-0.2, 0) is 16.1 Å². The third kappa shape index (κ3) is 3.51. The topological polar surface area (TPSA) is 55.6 Å². The van der Waals surface area contributed by atoms with Crippen molar-refractivity contribution in [3.05, 3.63) is 35.6 Å². The quantitative estimate of drug-likeness (QED) is 0.772. The van der Waals surface area contributed by atoms with E-state index in [1.807, 2.05) is 0 Å². The summed E-state index contributed by atoms with van der Waals surface area (Å²) in [5.74, 6) is -0.702. The first-order chi connectivity index (χ1) is 8.10. The van der Waals surface area contributed by atoms with Gasteiger partial charge in [0.1, 0.15) is 11.9 Å². The van der Waals surface area contributed by atoms with E-state index in [1.54, 1.807) is 30.1 Å². The first-order valence-electron chi connectivity index (χ1n) is 5.31. The lowest BCUT2D eigenvalue weighted by Crippen LogP contribution is -2.44. The molecule has 0 amide bonds. The van der Waals surface area contributed by atoms with Gasteiger partial charge in [0.15, 0.2) is 0 Å². The summed E-state index contributed by atoms with van der Waals surface area (Å²) < 4.78 is 18.1. The van der Waals surface area contributed by atoms with Crippen LogP contribution in [0.2, 0.25) is 0 Å². The van der Waals surface area contributed by atoms with Gasteiger partial charge in [-0.1, -0.05) is 18.2 Å². The predicted molar refractivity (Wildman–Crippen MR) is 62.7 cm³/mol. The molecule has 4 nitrogen and oxygen atoms in total. The van der Waals surface area contributed by atoms with Crippen LogP contribution in [0.15, 0.2) is 24.3 Å². The monoisotopic (exact) mass is 240 g/mol. The van der Waals surface area contributed by atoms with Crippen molar-refractivity contribution in [3.63, 3.8) is 0 Å². The molecule has 1 aromatic rings. The van der Waals surface area contributed by atoms with E-state index < -0.39 is 12.0 Å². The van der Waals surface area contributed by atoms with Gasteiger partial charge >= 0.3 is 5.97 Å². The molecule has 0 aliphatic rings. The third-order valence-electron chi connectivity index (χ3n) is 2.61. The normalized spacial score (nSPS) is 12.5. The van der Waals surface area contributed by atoms with Crippen molar-refractivity contribution in [1.82, 2.24) is 4.90 Å². The molecule has 0 saturated carbocycles. The van der Waals surface area contributed by atoms with Crippen LogP contribution in [-0.4, -0.2) is 37.6 Å². The number of likely N-dealkylation sites (N-methyl/N-ethyl adjacent to an activating group) is 1. The molecule has 0 spiro atoms. The summed E-state index contributed by atoms with van der Waals surface area (Å²) in [5, 5.41) is 0.